The predicted molar refractivity (Wildman–Crippen MR) is 52.8 cm³/mol. The Balaban J connectivity index is 2.57. The van der Waals surface area contributed by atoms with Crippen LogP contribution in [0.1, 0.15) is 5.56 Å². The van der Waals surface area contributed by atoms with Gasteiger partial charge in [0.25, 0.3) is 0 Å². The number of nitrogen functional groups attached to an aromatic ring is 1. The summed E-state index contributed by atoms with van der Waals surface area (Å²) in [5.41, 5.74) is 8.03. The first-order valence-corrected chi connectivity index (χ1v) is 4.18. The van der Waals surface area contributed by atoms with E-state index in [0.29, 0.717) is 5.56 Å². The van der Waals surface area contributed by atoms with Crippen LogP contribution in [0.2, 0.25) is 0 Å². The number of aromatic nitrogens is 1. The summed E-state index contributed by atoms with van der Waals surface area (Å²) < 4.78 is 4.74. The summed E-state index contributed by atoms with van der Waals surface area (Å²) in [7, 11) is 0. The SMILES string of the molecule is Cc1cc(O)cc(-c2cnoc2N)c1. The highest BCUT2D eigenvalue weighted by atomic mass is 16.5. The van der Waals surface area contributed by atoms with Crippen molar-refractivity contribution in [3.63, 3.8) is 0 Å². The number of phenols is 1. The van der Waals surface area contributed by atoms with Gasteiger partial charge in [0.05, 0.1) is 11.8 Å². The van der Waals surface area contributed by atoms with E-state index in [1.165, 1.54) is 6.20 Å². The van der Waals surface area contributed by atoms with Gasteiger partial charge in [0.2, 0.25) is 5.88 Å². The number of rotatable bonds is 1. The highest BCUT2D eigenvalue weighted by molar-refractivity contribution is 5.73. The molecule has 2 aromatic rings. The average molecular weight is 190 g/mol. The molecular formula is C10H10N2O2. The fourth-order valence-electron chi connectivity index (χ4n) is 1.38. The van der Waals surface area contributed by atoms with Crippen LogP contribution in [0.15, 0.2) is 28.9 Å². The van der Waals surface area contributed by atoms with E-state index in [4.69, 9.17) is 10.3 Å². The first-order chi connectivity index (χ1) is 6.66. The Labute approximate surface area is 81.0 Å². The zero-order valence-corrected chi connectivity index (χ0v) is 7.69. The van der Waals surface area contributed by atoms with Gasteiger partial charge in [-0.15, -0.1) is 0 Å². The molecule has 72 valence electrons. The van der Waals surface area contributed by atoms with Crippen molar-refractivity contribution in [2.24, 2.45) is 0 Å². The second-order valence-corrected chi connectivity index (χ2v) is 3.16. The topological polar surface area (TPSA) is 72.3 Å². The molecular weight excluding hydrogens is 180 g/mol. The lowest BCUT2D eigenvalue weighted by Crippen LogP contribution is -1.85. The molecule has 0 atom stereocenters. The van der Waals surface area contributed by atoms with Crippen LogP contribution in [0.3, 0.4) is 0 Å². The summed E-state index contributed by atoms with van der Waals surface area (Å²) in [6.45, 7) is 1.90. The van der Waals surface area contributed by atoms with Crippen molar-refractivity contribution in [3.8, 4) is 16.9 Å². The van der Waals surface area contributed by atoms with Crippen LogP contribution in [0, 0.1) is 6.92 Å². The highest BCUT2D eigenvalue weighted by Gasteiger charge is 2.07. The van der Waals surface area contributed by atoms with Crippen LogP contribution in [-0.2, 0) is 0 Å². The van der Waals surface area contributed by atoms with E-state index in [1.54, 1.807) is 12.1 Å². The summed E-state index contributed by atoms with van der Waals surface area (Å²) in [6.07, 6.45) is 1.53. The van der Waals surface area contributed by atoms with Crippen molar-refractivity contribution >= 4 is 5.88 Å². The van der Waals surface area contributed by atoms with E-state index in [0.717, 1.165) is 11.1 Å². The summed E-state index contributed by atoms with van der Waals surface area (Å²) >= 11 is 0. The molecule has 0 aliphatic heterocycles. The molecule has 0 saturated heterocycles. The number of nitrogens with zero attached hydrogens (tertiary/aromatic N) is 1. The van der Waals surface area contributed by atoms with Crippen molar-refractivity contribution in [2.45, 2.75) is 6.92 Å². The van der Waals surface area contributed by atoms with Gasteiger partial charge in [-0.1, -0.05) is 11.2 Å². The van der Waals surface area contributed by atoms with E-state index in [2.05, 4.69) is 5.16 Å². The third-order valence-electron chi connectivity index (χ3n) is 1.97. The molecule has 0 radical (unpaired) electrons. The first-order valence-electron chi connectivity index (χ1n) is 4.18. The molecule has 0 fully saturated rings. The molecule has 0 amide bonds. The lowest BCUT2D eigenvalue weighted by atomic mass is 10.1. The maximum absolute atomic E-state index is 9.39. The Morgan fingerprint density at radius 2 is 2.14 bits per heavy atom. The minimum Gasteiger partial charge on any atom is -0.508 e. The predicted octanol–water partition coefficient (Wildman–Crippen LogP) is 1.94. The molecule has 0 unspecified atom stereocenters. The van der Waals surface area contributed by atoms with E-state index in [1.807, 2.05) is 13.0 Å². The summed E-state index contributed by atoms with van der Waals surface area (Å²) in [5.74, 6) is 0.468. The number of hydrogen-bond donors (Lipinski definition) is 2. The number of aryl methyl sites for hydroxylation is 1. The summed E-state index contributed by atoms with van der Waals surface area (Å²) in [5, 5.41) is 13.0. The van der Waals surface area contributed by atoms with Crippen molar-refractivity contribution in [1.29, 1.82) is 0 Å². The number of phenolic OH excluding ortho intramolecular Hbond substituents is 1. The van der Waals surface area contributed by atoms with Gasteiger partial charge in [-0.2, -0.15) is 0 Å². The monoisotopic (exact) mass is 190 g/mol. The van der Waals surface area contributed by atoms with E-state index in [-0.39, 0.29) is 11.6 Å². The average Bonchev–Trinajstić information content (AvgIpc) is 2.49. The molecule has 14 heavy (non-hydrogen) atoms. The fourth-order valence-corrected chi connectivity index (χ4v) is 1.38. The van der Waals surface area contributed by atoms with Gasteiger partial charge in [0.1, 0.15) is 5.75 Å². The second kappa shape index (κ2) is 3.06. The largest absolute Gasteiger partial charge is 0.508 e. The Bertz CT molecular complexity index is 443. The molecule has 4 heteroatoms. The smallest absolute Gasteiger partial charge is 0.229 e. The summed E-state index contributed by atoms with van der Waals surface area (Å²) in [6, 6.07) is 5.20. The number of aromatic hydroxyl groups is 1. The van der Waals surface area contributed by atoms with Gasteiger partial charge in [-0.05, 0) is 30.2 Å². The van der Waals surface area contributed by atoms with Crippen molar-refractivity contribution < 1.29 is 9.63 Å². The van der Waals surface area contributed by atoms with Crippen LogP contribution in [-0.4, -0.2) is 10.3 Å². The van der Waals surface area contributed by atoms with Gasteiger partial charge in [-0.25, -0.2) is 0 Å². The zero-order valence-electron chi connectivity index (χ0n) is 7.69. The Morgan fingerprint density at radius 3 is 2.71 bits per heavy atom. The van der Waals surface area contributed by atoms with Crippen LogP contribution in [0.5, 0.6) is 5.75 Å². The van der Waals surface area contributed by atoms with E-state index >= 15 is 0 Å². The van der Waals surface area contributed by atoms with Crippen molar-refractivity contribution in [3.05, 3.63) is 30.0 Å². The summed E-state index contributed by atoms with van der Waals surface area (Å²) in [4.78, 5) is 0. The van der Waals surface area contributed by atoms with Gasteiger partial charge >= 0.3 is 0 Å². The Morgan fingerprint density at radius 1 is 1.36 bits per heavy atom. The minimum atomic E-state index is 0.209. The molecule has 1 heterocycles. The highest BCUT2D eigenvalue weighted by Crippen LogP contribution is 2.29. The number of anilines is 1. The maximum atomic E-state index is 9.39. The molecule has 3 N–H and O–H groups in total. The third kappa shape index (κ3) is 1.42. The lowest BCUT2D eigenvalue weighted by molar-refractivity contribution is 0.436. The second-order valence-electron chi connectivity index (χ2n) is 3.16. The molecule has 2 rings (SSSR count). The van der Waals surface area contributed by atoms with E-state index in [9.17, 15) is 5.11 Å². The molecule has 0 saturated carbocycles. The van der Waals surface area contributed by atoms with Crippen LogP contribution in [0.25, 0.3) is 11.1 Å². The Kier molecular flexibility index (Phi) is 1.89. The van der Waals surface area contributed by atoms with Crippen LogP contribution >= 0.6 is 0 Å². The minimum absolute atomic E-state index is 0.209. The molecule has 0 spiro atoms. The quantitative estimate of drug-likeness (QED) is 0.720. The normalized spacial score (nSPS) is 10.4. The molecule has 0 aliphatic rings. The number of nitrogens with two attached hydrogens (primary N) is 1. The van der Waals surface area contributed by atoms with E-state index < -0.39 is 0 Å². The standard InChI is InChI=1S/C10H10N2O2/c1-6-2-7(4-8(13)3-6)9-5-12-14-10(9)11/h2-5,13H,11H2,1H3. The maximum Gasteiger partial charge on any atom is 0.229 e. The number of hydrogen-bond acceptors (Lipinski definition) is 4. The van der Waals surface area contributed by atoms with Crippen molar-refractivity contribution in [2.75, 3.05) is 5.73 Å². The molecule has 4 nitrogen and oxygen atoms in total. The van der Waals surface area contributed by atoms with Crippen LogP contribution < -0.4 is 5.73 Å². The zero-order chi connectivity index (χ0) is 10.1. The Hall–Kier alpha value is -1.97. The first kappa shape index (κ1) is 8.62. The van der Waals surface area contributed by atoms with Gasteiger partial charge in [0, 0.05) is 0 Å². The van der Waals surface area contributed by atoms with Gasteiger partial charge in [-0.3, -0.25) is 0 Å². The van der Waals surface area contributed by atoms with Gasteiger partial charge < -0.3 is 15.4 Å². The van der Waals surface area contributed by atoms with Crippen molar-refractivity contribution in [1.82, 2.24) is 5.16 Å². The van der Waals surface area contributed by atoms with Crippen LogP contribution in [0.4, 0.5) is 5.88 Å². The molecule has 1 aromatic carbocycles. The molecule has 1 aromatic heterocycles. The number of benzene rings is 1. The van der Waals surface area contributed by atoms with Gasteiger partial charge in [0.15, 0.2) is 0 Å². The fraction of sp³-hybridized carbons (Fsp3) is 0.100. The third-order valence-corrected chi connectivity index (χ3v) is 1.97. The lowest BCUT2D eigenvalue weighted by Gasteiger charge is -2.01. The molecule has 0 aliphatic carbocycles. The molecule has 0 bridgehead atoms.